The summed E-state index contributed by atoms with van der Waals surface area (Å²) in [5.41, 5.74) is 0.138. The number of amides is 2. The lowest BCUT2D eigenvalue weighted by atomic mass is 10.2. The molecule has 1 aliphatic heterocycles. The van der Waals surface area contributed by atoms with Crippen LogP contribution in [-0.2, 0) is 4.79 Å². The van der Waals surface area contributed by atoms with Gasteiger partial charge in [-0.05, 0) is 36.8 Å². The van der Waals surface area contributed by atoms with E-state index < -0.39 is 5.82 Å². The third-order valence-electron chi connectivity index (χ3n) is 5.10. The number of likely N-dealkylation sites (tertiary alicyclic amines) is 1. The Kier molecular flexibility index (Phi) is 6.69. The van der Waals surface area contributed by atoms with Gasteiger partial charge in [-0.25, -0.2) is 4.39 Å². The van der Waals surface area contributed by atoms with E-state index in [1.165, 1.54) is 34.1 Å². The van der Waals surface area contributed by atoms with E-state index in [1.807, 2.05) is 4.90 Å². The molecule has 0 saturated carbocycles. The fourth-order valence-electron chi connectivity index (χ4n) is 3.58. The second-order valence-corrected chi connectivity index (χ2v) is 9.13. The molecule has 1 saturated heterocycles. The van der Waals surface area contributed by atoms with E-state index in [2.05, 4.69) is 10.6 Å². The monoisotopic (exact) mass is 474 g/mol. The van der Waals surface area contributed by atoms with Gasteiger partial charge in [0.25, 0.3) is 11.5 Å². The van der Waals surface area contributed by atoms with Crippen molar-refractivity contribution in [2.75, 3.05) is 25.0 Å². The maximum Gasteiger partial charge on any atom is 0.261 e. The number of nitrogens with zero attached hydrogens (tertiary/aromatic N) is 2. The zero-order chi connectivity index (χ0) is 22.7. The zero-order valence-electron chi connectivity index (χ0n) is 16.9. The van der Waals surface area contributed by atoms with Crippen LogP contribution in [0.4, 0.5) is 10.1 Å². The van der Waals surface area contributed by atoms with Crippen LogP contribution in [0, 0.1) is 5.82 Å². The van der Waals surface area contributed by atoms with Gasteiger partial charge >= 0.3 is 0 Å². The molecule has 7 nitrogen and oxygen atoms in total. The highest BCUT2D eigenvalue weighted by Crippen LogP contribution is 2.22. The first-order chi connectivity index (χ1) is 15.4. The molecule has 2 amide bonds. The predicted molar refractivity (Wildman–Crippen MR) is 122 cm³/mol. The predicted octanol–water partition coefficient (Wildman–Crippen LogP) is 3.13. The van der Waals surface area contributed by atoms with E-state index in [1.54, 1.807) is 36.5 Å². The number of rotatable bonds is 6. The number of thiophene rings is 1. The molecule has 0 radical (unpaired) electrons. The van der Waals surface area contributed by atoms with Crippen molar-refractivity contribution >= 4 is 40.4 Å². The number of nitrogens with one attached hydrogen (secondary N) is 2. The molecule has 32 heavy (non-hydrogen) atoms. The summed E-state index contributed by atoms with van der Waals surface area (Å²) in [6, 6.07) is 12.2. The molecule has 2 N–H and O–H groups in total. The molecule has 0 spiro atoms. The summed E-state index contributed by atoms with van der Waals surface area (Å²) in [6.45, 7) is 1.25. The second-order valence-electron chi connectivity index (χ2n) is 7.42. The van der Waals surface area contributed by atoms with E-state index in [9.17, 15) is 18.8 Å². The van der Waals surface area contributed by atoms with Crippen molar-refractivity contribution in [1.82, 2.24) is 14.8 Å². The number of hydrogen-bond acceptors (Lipinski definition) is 5. The van der Waals surface area contributed by atoms with Crippen LogP contribution in [0.3, 0.4) is 0 Å². The molecular formula is C22H20ClFN4O3S. The number of carbonyl (C=O) groups is 2. The molecule has 3 heterocycles. The van der Waals surface area contributed by atoms with Crippen molar-refractivity contribution in [2.45, 2.75) is 12.5 Å². The van der Waals surface area contributed by atoms with Crippen molar-refractivity contribution in [3.8, 4) is 5.69 Å². The van der Waals surface area contributed by atoms with E-state index in [0.717, 1.165) is 0 Å². The molecule has 166 valence electrons. The molecule has 1 aromatic carbocycles. The van der Waals surface area contributed by atoms with E-state index in [-0.39, 0.29) is 35.6 Å². The highest BCUT2D eigenvalue weighted by atomic mass is 35.5. The Bertz CT molecular complexity index is 1210. The third-order valence-corrected chi connectivity index (χ3v) is 6.33. The Morgan fingerprint density at radius 3 is 2.75 bits per heavy atom. The van der Waals surface area contributed by atoms with Crippen LogP contribution in [0.5, 0.6) is 0 Å². The van der Waals surface area contributed by atoms with Gasteiger partial charge in [0.05, 0.1) is 27.1 Å². The van der Waals surface area contributed by atoms with Gasteiger partial charge < -0.3 is 10.6 Å². The van der Waals surface area contributed by atoms with Crippen molar-refractivity contribution < 1.29 is 14.0 Å². The summed E-state index contributed by atoms with van der Waals surface area (Å²) in [5, 5.41) is 5.52. The minimum atomic E-state index is -0.632. The van der Waals surface area contributed by atoms with Gasteiger partial charge in [-0.15, -0.1) is 11.3 Å². The highest BCUT2D eigenvalue weighted by Gasteiger charge is 2.26. The van der Waals surface area contributed by atoms with Gasteiger partial charge in [-0.2, -0.15) is 0 Å². The van der Waals surface area contributed by atoms with E-state index in [4.69, 9.17) is 11.6 Å². The first-order valence-corrected chi connectivity index (χ1v) is 11.1. The van der Waals surface area contributed by atoms with Crippen LogP contribution in [0.15, 0.2) is 59.5 Å². The van der Waals surface area contributed by atoms with Gasteiger partial charge in [-0.3, -0.25) is 23.9 Å². The summed E-state index contributed by atoms with van der Waals surface area (Å²) in [5.74, 6) is -1.17. The van der Waals surface area contributed by atoms with Crippen LogP contribution in [0.2, 0.25) is 4.34 Å². The molecule has 1 fully saturated rings. The quantitative estimate of drug-likeness (QED) is 0.575. The summed E-state index contributed by atoms with van der Waals surface area (Å²) in [6.07, 6.45) is 2.26. The summed E-state index contributed by atoms with van der Waals surface area (Å²) in [4.78, 5) is 39.0. The topological polar surface area (TPSA) is 83.4 Å². The van der Waals surface area contributed by atoms with Crippen LogP contribution in [0.25, 0.3) is 5.69 Å². The Morgan fingerprint density at radius 1 is 1.19 bits per heavy atom. The normalized spacial score (nSPS) is 16.1. The van der Waals surface area contributed by atoms with E-state index >= 15 is 0 Å². The molecule has 4 rings (SSSR count). The standard InChI is InChI=1S/C22H20ClFN4O3S/c23-19-7-6-18(32-19)22(31)25-14-8-10-27(12-14)13-20(29)26-17-5-4-15(11-16(17)24)28-9-2-1-3-21(28)30/h1-7,9,11,14H,8,10,12-13H2,(H,25,31)(H,26,29)/t14-/m1/s1. The van der Waals surface area contributed by atoms with Gasteiger partial charge in [0.1, 0.15) is 5.82 Å². The average Bonchev–Trinajstić information content (AvgIpc) is 3.38. The molecule has 2 aromatic heterocycles. The zero-order valence-corrected chi connectivity index (χ0v) is 18.5. The molecular weight excluding hydrogens is 455 g/mol. The van der Waals surface area contributed by atoms with Crippen molar-refractivity contribution in [3.05, 3.63) is 80.1 Å². The number of benzene rings is 1. The number of carbonyl (C=O) groups excluding carboxylic acids is 2. The number of halogens is 2. The minimum Gasteiger partial charge on any atom is -0.347 e. The van der Waals surface area contributed by atoms with Gasteiger partial charge in [-0.1, -0.05) is 17.7 Å². The maximum atomic E-state index is 14.5. The van der Waals surface area contributed by atoms with Crippen LogP contribution < -0.4 is 16.2 Å². The summed E-state index contributed by atoms with van der Waals surface area (Å²) >= 11 is 7.08. The number of aromatic nitrogens is 1. The smallest absolute Gasteiger partial charge is 0.261 e. The van der Waals surface area contributed by atoms with Gasteiger partial charge in [0, 0.05) is 37.5 Å². The lowest BCUT2D eigenvalue weighted by Gasteiger charge is -2.16. The second kappa shape index (κ2) is 9.64. The van der Waals surface area contributed by atoms with Crippen molar-refractivity contribution in [2.24, 2.45) is 0 Å². The fourth-order valence-corrected chi connectivity index (χ4v) is 4.52. The maximum absolute atomic E-state index is 14.5. The molecule has 1 aliphatic rings. The lowest BCUT2D eigenvalue weighted by Crippen LogP contribution is -2.38. The van der Waals surface area contributed by atoms with Crippen molar-refractivity contribution in [1.29, 1.82) is 0 Å². The number of pyridine rings is 1. The molecule has 10 heteroatoms. The highest BCUT2D eigenvalue weighted by molar-refractivity contribution is 7.18. The summed E-state index contributed by atoms with van der Waals surface area (Å²) < 4.78 is 16.4. The lowest BCUT2D eigenvalue weighted by molar-refractivity contribution is -0.117. The largest absolute Gasteiger partial charge is 0.347 e. The van der Waals surface area contributed by atoms with Crippen LogP contribution >= 0.6 is 22.9 Å². The Hall–Kier alpha value is -3.01. The molecule has 0 unspecified atom stereocenters. The molecule has 3 aromatic rings. The SMILES string of the molecule is O=C(CN1CC[C@@H](NC(=O)c2ccc(Cl)s2)C1)Nc1ccc(-n2ccccc2=O)cc1F. The first kappa shape index (κ1) is 22.2. The average molecular weight is 475 g/mol. The van der Waals surface area contributed by atoms with Crippen molar-refractivity contribution in [3.63, 3.8) is 0 Å². The van der Waals surface area contributed by atoms with Crippen LogP contribution in [-0.4, -0.2) is 47.0 Å². The third kappa shape index (κ3) is 5.24. The molecule has 0 aliphatic carbocycles. The van der Waals surface area contributed by atoms with Crippen LogP contribution in [0.1, 0.15) is 16.1 Å². The summed E-state index contributed by atoms with van der Waals surface area (Å²) in [7, 11) is 0. The first-order valence-electron chi connectivity index (χ1n) is 9.95. The van der Waals surface area contributed by atoms with E-state index in [0.29, 0.717) is 34.4 Å². The molecule has 0 bridgehead atoms. The Morgan fingerprint density at radius 2 is 2.03 bits per heavy atom. The number of hydrogen-bond donors (Lipinski definition) is 2. The fraction of sp³-hybridized carbons (Fsp3) is 0.227. The van der Waals surface area contributed by atoms with Gasteiger partial charge in [0.2, 0.25) is 5.91 Å². The number of anilines is 1. The molecule has 1 atom stereocenters. The van der Waals surface area contributed by atoms with Gasteiger partial charge in [0.15, 0.2) is 0 Å². The minimum absolute atomic E-state index is 0.0429. The Labute approximate surface area is 192 Å². The Balaban J connectivity index is 1.31.